The second-order valence-corrected chi connectivity index (χ2v) is 13.7. The van der Waals surface area contributed by atoms with E-state index < -0.39 is 29.1 Å². The van der Waals surface area contributed by atoms with Crippen molar-refractivity contribution in [3.8, 4) is 17.2 Å². The Morgan fingerprint density at radius 2 is 1.29 bits per heavy atom. The third kappa shape index (κ3) is 7.29. The molecule has 6 aromatic rings. The van der Waals surface area contributed by atoms with Crippen molar-refractivity contribution in [3.05, 3.63) is 190 Å². The molecule has 1 aliphatic rings. The smallest absolute Gasteiger partial charge is 0.277 e. The Labute approximate surface area is 325 Å². The molecule has 0 amide bonds. The zero-order chi connectivity index (χ0) is 39.3. The summed E-state index contributed by atoms with van der Waals surface area (Å²) in [5.74, 6) is -3.31. The Bertz CT molecular complexity index is 2540. The monoisotopic (exact) mass is 769 g/mol. The quantitative estimate of drug-likeness (QED) is 0.111. The summed E-state index contributed by atoms with van der Waals surface area (Å²) in [7, 11) is 0. The van der Waals surface area contributed by atoms with E-state index in [0.29, 0.717) is 43.6 Å². The molecule has 0 radical (unpaired) electrons. The molecule has 0 unspecified atom stereocenters. The molecule has 0 fully saturated rings. The number of nitrogens with zero attached hydrogens (tertiary/aromatic N) is 3. The minimum absolute atomic E-state index is 0.176. The van der Waals surface area contributed by atoms with Gasteiger partial charge in [-0.1, -0.05) is 60.7 Å². The number of benzene rings is 5. The molecule has 1 aliphatic carbocycles. The van der Waals surface area contributed by atoms with Crippen molar-refractivity contribution in [3.63, 3.8) is 0 Å². The lowest BCUT2D eigenvalue weighted by Gasteiger charge is -2.25. The number of thiophene rings is 1. The summed E-state index contributed by atoms with van der Waals surface area (Å²) in [6, 6.07) is 32.5. The topological polar surface area (TPSA) is 42.1 Å². The van der Waals surface area contributed by atoms with E-state index >= 15 is 4.39 Å². The van der Waals surface area contributed by atoms with Gasteiger partial charge in [0, 0.05) is 51.6 Å². The Morgan fingerprint density at radius 1 is 0.696 bits per heavy atom. The van der Waals surface area contributed by atoms with E-state index in [9.17, 15) is 22.8 Å². The maximum Gasteiger partial charge on any atom is 0.277 e. The van der Waals surface area contributed by atoms with Crippen molar-refractivity contribution >= 4 is 50.4 Å². The molecule has 0 saturated carbocycles. The molecule has 56 heavy (non-hydrogen) atoms. The predicted molar refractivity (Wildman–Crippen MR) is 216 cm³/mol. The minimum atomic E-state index is -0.699. The molecule has 1 heterocycles. The largest absolute Gasteiger partial charge is 0.346 e. The van der Waals surface area contributed by atoms with Gasteiger partial charge in [0.25, 0.3) is 5.69 Å². The van der Waals surface area contributed by atoms with E-state index in [2.05, 4.69) is 11.4 Å². The Morgan fingerprint density at radius 3 is 1.88 bits per heavy atom. The number of nitrogens with one attached hydrogen (secondary N) is 1. The average molecular weight is 770 g/mol. The first-order valence-corrected chi connectivity index (χ1v) is 18.7. The van der Waals surface area contributed by atoms with Crippen molar-refractivity contribution < 1.29 is 26.5 Å². The van der Waals surface area contributed by atoms with Crippen LogP contribution in [-0.2, 0) is 0 Å². The first-order chi connectivity index (χ1) is 27.2. The molecule has 0 spiro atoms. The van der Waals surface area contributed by atoms with Crippen LogP contribution in [0.4, 0.5) is 49.7 Å². The summed E-state index contributed by atoms with van der Waals surface area (Å²) in [6.07, 6.45) is 7.13. The van der Waals surface area contributed by atoms with Crippen LogP contribution in [0.1, 0.15) is 29.9 Å². The van der Waals surface area contributed by atoms with E-state index in [-0.39, 0.29) is 35.6 Å². The zero-order valence-corrected chi connectivity index (χ0v) is 31.1. The Balaban J connectivity index is 1.46. The fourth-order valence-corrected chi connectivity index (χ4v) is 8.13. The SMILES string of the molecule is CCN(c1ccc(C(=C2C=CC(=[N+](CC)c3c(F)cccc3F)C=C2)c2sc(Nc3ccccc3)c(C#N)c2-c2ccccc2F)cc1)c1c(F)cccc1F. The van der Waals surface area contributed by atoms with Crippen LogP contribution in [0.15, 0.2) is 145 Å². The van der Waals surface area contributed by atoms with Crippen LogP contribution in [0, 0.1) is 40.4 Å². The van der Waals surface area contributed by atoms with Crippen LogP contribution in [0.2, 0.25) is 0 Å². The lowest BCUT2D eigenvalue weighted by atomic mass is 9.90. The van der Waals surface area contributed by atoms with Crippen molar-refractivity contribution in [2.45, 2.75) is 13.8 Å². The second kappa shape index (κ2) is 16.4. The zero-order valence-electron chi connectivity index (χ0n) is 30.3. The van der Waals surface area contributed by atoms with Gasteiger partial charge in [-0.15, -0.1) is 11.3 Å². The van der Waals surface area contributed by atoms with Crippen LogP contribution >= 0.6 is 11.3 Å². The number of hydrogen-bond acceptors (Lipinski definition) is 4. The summed E-state index contributed by atoms with van der Waals surface area (Å²) in [5, 5.41) is 14.5. The molecule has 1 aromatic heterocycles. The van der Waals surface area contributed by atoms with Crippen molar-refractivity contribution in [2.75, 3.05) is 23.3 Å². The molecule has 1 N–H and O–H groups in total. The van der Waals surface area contributed by atoms with Gasteiger partial charge in [0.05, 0.1) is 5.56 Å². The summed E-state index contributed by atoms with van der Waals surface area (Å²) < 4.78 is 77.2. The Hall–Kier alpha value is -6.57. The van der Waals surface area contributed by atoms with E-state index in [4.69, 9.17) is 0 Å². The van der Waals surface area contributed by atoms with E-state index in [1.165, 1.54) is 63.3 Å². The van der Waals surface area contributed by atoms with Crippen LogP contribution < -0.4 is 10.2 Å². The molecular weight excluding hydrogens is 736 g/mol. The molecule has 7 rings (SSSR count). The number of anilines is 4. The van der Waals surface area contributed by atoms with Crippen LogP contribution in [-0.4, -0.2) is 23.4 Å². The molecule has 0 atom stereocenters. The highest BCUT2D eigenvalue weighted by atomic mass is 32.1. The first-order valence-electron chi connectivity index (χ1n) is 17.9. The molecule has 0 saturated heterocycles. The average Bonchev–Trinajstić information content (AvgIpc) is 3.56. The molecule has 0 aliphatic heterocycles. The molecule has 0 bridgehead atoms. The molecule has 278 valence electrons. The van der Waals surface area contributed by atoms with Crippen molar-refractivity contribution in [1.29, 1.82) is 5.26 Å². The maximum atomic E-state index is 15.8. The van der Waals surface area contributed by atoms with Crippen LogP contribution in [0.3, 0.4) is 0 Å². The van der Waals surface area contributed by atoms with Crippen molar-refractivity contribution in [1.82, 2.24) is 0 Å². The standard InChI is InChI=1S/C46H33F5N4S/c1-3-54(43-37(48)16-10-17-38(43)49)32-24-20-29(21-25-32)41(30-22-26-33(27-23-30)55(4-2)44-39(50)18-11-19-40(44)51)45-42(34-14-8-9-15-36(34)47)35(28-52)46(56-45)53-31-12-6-5-7-13-31/h5-27H,3-4H2,1-2H3/p+1. The fourth-order valence-electron chi connectivity index (χ4n) is 6.85. The predicted octanol–water partition coefficient (Wildman–Crippen LogP) is 12.6. The number of allylic oxidation sites excluding steroid dienone is 5. The summed E-state index contributed by atoms with van der Waals surface area (Å²) >= 11 is 1.28. The Kier molecular flexibility index (Phi) is 11.1. The maximum absolute atomic E-state index is 15.8. The number of hydrogen-bond donors (Lipinski definition) is 1. The van der Waals surface area contributed by atoms with E-state index in [1.54, 1.807) is 56.3 Å². The van der Waals surface area contributed by atoms with Crippen LogP contribution in [0.25, 0.3) is 16.7 Å². The number of nitriles is 1. The lowest BCUT2D eigenvalue weighted by Crippen LogP contribution is -2.19. The third-order valence-electron chi connectivity index (χ3n) is 9.40. The van der Waals surface area contributed by atoms with E-state index in [1.807, 2.05) is 54.6 Å². The van der Waals surface area contributed by atoms with Gasteiger partial charge in [0.15, 0.2) is 11.6 Å². The number of rotatable bonds is 10. The normalized spacial score (nSPS) is 12.1. The highest BCUT2D eigenvalue weighted by Gasteiger charge is 2.28. The first kappa shape index (κ1) is 37.7. The molecular formula is C46H34F5N4S+. The number of para-hydroxylation sites is 3. The van der Waals surface area contributed by atoms with Gasteiger partial charge in [-0.25, -0.2) is 13.2 Å². The highest BCUT2D eigenvalue weighted by molar-refractivity contribution is 7.18. The van der Waals surface area contributed by atoms with Gasteiger partial charge < -0.3 is 10.2 Å². The van der Waals surface area contributed by atoms with Gasteiger partial charge >= 0.3 is 0 Å². The third-order valence-corrected chi connectivity index (χ3v) is 10.5. The van der Waals surface area contributed by atoms with Crippen LogP contribution in [0.5, 0.6) is 0 Å². The van der Waals surface area contributed by atoms with Gasteiger partial charge in [-0.2, -0.15) is 18.6 Å². The minimum Gasteiger partial charge on any atom is -0.346 e. The summed E-state index contributed by atoms with van der Waals surface area (Å²) in [5.41, 5.74) is 4.23. The van der Waals surface area contributed by atoms with Gasteiger partial charge in [0.1, 0.15) is 40.8 Å². The number of halogens is 5. The molecule has 4 nitrogen and oxygen atoms in total. The van der Waals surface area contributed by atoms with Gasteiger partial charge in [-0.05, 0) is 91.7 Å². The van der Waals surface area contributed by atoms with Crippen molar-refractivity contribution in [2.24, 2.45) is 0 Å². The molecule has 10 heteroatoms. The highest BCUT2D eigenvalue weighted by Crippen LogP contribution is 2.48. The summed E-state index contributed by atoms with van der Waals surface area (Å²) in [4.78, 5) is 2.11. The summed E-state index contributed by atoms with van der Waals surface area (Å²) in [6.45, 7) is 4.13. The second-order valence-electron chi connectivity index (χ2n) is 12.7. The van der Waals surface area contributed by atoms with E-state index in [0.717, 1.165) is 5.69 Å². The fraction of sp³-hybridized carbons (Fsp3) is 0.0870. The van der Waals surface area contributed by atoms with Gasteiger partial charge in [0.2, 0.25) is 5.71 Å². The molecule has 5 aromatic carbocycles. The van der Waals surface area contributed by atoms with Gasteiger partial charge in [-0.3, -0.25) is 0 Å². The lowest BCUT2D eigenvalue weighted by molar-refractivity contribution is -0.439.